The summed E-state index contributed by atoms with van der Waals surface area (Å²) in [6.07, 6.45) is 5.72. The molecule has 1 rings (SSSR count). The van der Waals surface area contributed by atoms with E-state index in [0.29, 0.717) is 24.0 Å². The van der Waals surface area contributed by atoms with Crippen LogP contribution >= 0.6 is 0 Å². The van der Waals surface area contributed by atoms with Gasteiger partial charge in [-0.2, -0.15) is 5.26 Å². The summed E-state index contributed by atoms with van der Waals surface area (Å²) in [5.74, 6) is -0.829. The minimum absolute atomic E-state index is 0.115. The van der Waals surface area contributed by atoms with Gasteiger partial charge in [-0.05, 0) is 50.5 Å². The van der Waals surface area contributed by atoms with Crippen LogP contribution in [0.1, 0.15) is 91.0 Å². The van der Waals surface area contributed by atoms with E-state index >= 15 is 0 Å². The van der Waals surface area contributed by atoms with E-state index in [2.05, 4.69) is 6.07 Å². The maximum Gasteiger partial charge on any atom is 0.217 e. The zero-order valence-electron chi connectivity index (χ0n) is 15.0. The standard InChI is InChI=1S/C20H26N2O3/c1-14(23)17-10-18(15(2)24)12-19(11-17)16(13-21)8-6-4-3-5-7-9-20(22)25/h10-12,16H,3-9H2,1-2H3,(H2,22,25). The van der Waals surface area contributed by atoms with E-state index in [-0.39, 0.29) is 23.4 Å². The second-order valence-electron chi connectivity index (χ2n) is 6.41. The summed E-state index contributed by atoms with van der Waals surface area (Å²) < 4.78 is 0. The molecule has 134 valence electrons. The summed E-state index contributed by atoms with van der Waals surface area (Å²) >= 11 is 0. The van der Waals surface area contributed by atoms with Gasteiger partial charge in [0.1, 0.15) is 0 Å². The van der Waals surface area contributed by atoms with Crippen LogP contribution in [-0.2, 0) is 4.79 Å². The number of hydrogen-bond acceptors (Lipinski definition) is 4. The number of nitrogens with two attached hydrogens (primary N) is 1. The molecule has 1 atom stereocenters. The SMILES string of the molecule is CC(=O)c1cc(C(C)=O)cc(C(C#N)CCCCCCCC(N)=O)c1. The molecule has 0 fully saturated rings. The molecular weight excluding hydrogens is 316 g/mol. The van der Waals surface area contributed by atoms with Crippen LogP contribution in [0.3, 0.4) is 0 Å². The lowest BCUT2D eigenvalue weighted by molar-refractivity contribution is -0.118. The van der Waals surface area contributed by atoms with Gasteiger partial charge in [0.25, 0.3) is 0 Å². The Morgan fingerprint density at radius 3 is 1.96 bits per heavy atom. The van der Waals surface area contributed by atoms with Crippen LogP contribution in [0.5, 0.6) is 0 Å². The van der Waals surface area contributed by atoms with Gasteiger partial charge in [-0.1, -0.05) is 25.7 Å². The highest BCUT2D eigenvalue weighted by molar-refractivity contribution is 6.00. The molecule has 1 unspecified atom stereocenters. The number of ketones is 2. The number of primary amides is 1. The van der Waals surface area contributed by atoms with Crippen LogP contribution in [0, 0.1) is 11.3 Å². The van der Waals surface area contributed by atoms with E-state index in [1.54, 1.807) is 18.2 Å². The fourth-order valence-corrected chi connectivity index (χ4v) is 2.74. The third-order valence-electron chi connectivity index (χ3n) is 4.24. The lowest BCUT2D eigenvalue weighted by Crippen LogP contribution is -2.09. The molecule has 0 aromatic heterocycles. The van der Waals surface area contributed by atoms with Gasteiger partial charge in [0.15, 0.2) is 11.6 Å². The van der Waals surface area contributed by atoms with Crippen LogP contribution in [0.2, 0.25) is 0 Å². The number of nitriles is 1. The quantitative estimate of drug-likeness (QED) is 0.486. The molecule has 2 N–H and O–H groups in total. The first-order valence-corrected chi connectivity index (χ1v) is 8.70. The van der Waals surface area contributed by atoms with Gasteiger partial charge < -0.3 is 5.73 Å². The first-order valence-electron chi connectivity index (χ1n) is 8.70. The van der Waals surface area contributed by atoms with Crippen LogP contribution in [0.15, 0.2) is 18.2 Å². The Balaban J connectivity index is 2.64. The molecule has 1 aromatic rings. The smallest absolute Gasteiger partial charge is 0.217 e. The minimum Gasteiger partial charge on any atom is -0.370 e. The summed E-state index contributed by atoms with van der Waals surface area (Å²) in [5.41, 5.74) is 6.76. The lowest BCUT2D eigenvalue weighted by Gasteiger charge is -2.12. The van der Waals surface area contributed by atoms with E-state index in [0.717, 1.165) is 37.7 Å². The highest BCUT2D eigenvalue weighted by atomic mass is 16.1. The normalized spacial score (nSPS) is 11.6. The molecule has 0 radical (unpaired) electrons. The fourth-order valence-electron chi connectivity index (χ4n) is 2.74. The topological polar surface area (TPSA) is 101 Å². The van der Waals surface area contributed by atoms with E-state index < -0.39 is 0 Å². The molecule has 0 aliphatic rings. The Bertz CT molecular complexity index is 642. The van der Waals surface area contributed by atoms with E-state index in [9.17, 15) is 19.6 Å². The minimum atomic E-state index is -0.331. The molecule has 25 heavy (non-hydrogen) atoms. The number of rotatable bonds is 11. The number of benzene rings is 1. The molecule has 5 heteroatoms. The molecule has 5 nitrogen and oxygen atoms in total. The Morgan fingerprint density at radius 2 is 1.48 bits per heavy atom. The lowest BCUT2D eigenvalue weighted by atomic mass is 9.90. The van der Waals surface area contributed by atoms with Crippen molar-refractivity contribution in [3.63, 3.8) is 0 Å². The van der Waals surface area contributed by atoms with Crippen molar-refractivity contribution in [2.45, 2.75) is 64.7 Å². The van der Waals surface area contributed by atoms with E-state index in [1.165, 1.54) is 13.8 Å². The predicted molar refractivity (Wildman–Crippen MR) is 96.3 cm³/mol. The van der Waals surface area contributed by atoms with Gasteiger partial charge in [0.2, 0.25) is 5.91 Å². The highest BCUT2D eigenvalue weighted by Gasteiger charge is 2.15. The van der Waals surface area contributed by atoms with E-state index in [1.807, 2.05) is 0 Å². The molecule has 0 bridgehead atoms. The van der Waals surface area contributed by atoms with Crippen molar-refractivity contribution >= 4 is 17.5 Å². The van der Waals surface area contributed by atoms with Crippen LogP contribution in [-0.4, -0.2) is 17.5 Å². The van der Waals surface area contributed by atoms with Crippen molar-refractivity contribution < 1.29 is 14.4 Å². The van der Waals surface area contributed by atoms with Gasteiger partial charge >= 0.3 is 0 Å². The van der Waals surface area contributed by atoms with Crippen molar-refractivity contribution in [3.8, 4) is 6.07 Å². The maximum absolute atomic E-state index is 11.7. The third-order valence-corrected chi connectivity index (χ3v) is 4.24. The number of Topliss-reactive ketones (excluding diaryl/α,β-unsaturated/α-hetero) is 2. The highest BCUT2D eigenvalue weighted by Crippen LogP contribution is 2.25. The first-order chi connectivity index (χ1) is 11.8. The average molecular weight is 342 g/mol. The van der Waals surface area contributed by atoms with Crippen LogP contribution < -0.4 is 5.73 Å². The molecule has 1 amide bonds. The summed E-state index contributed by atoms with van der Waals surface area (Å²) in [4.78, 5) is 34.0. The van der Waals surface area contributed by atoms with Crippen molar-refractivity contribution in [1.82, 2.24) is 0 Å². The number of carbonyl (C=O) groups excluding carboxylic acids is 3. The molecule has 0 heterocycles. The van der Waals surface area contributed by atoms with Gasteiger partial charge in [0, 0.05) is 17.5 Å². The Kier molecular flexibility index (Phi) is 8.55. The average Bonchev–Trinajstić information content (AvgIpc) is 2.56. The Labute approximate surface area is 149 Å². The molecule has 0 aliphatic heterocycles. The number of hydrogen-bond donors (Lipinski definition) is 1. The second-order valence-corrected chi connectivity index (χ2v) is 6.41. The zero-order chi connectivity index (χ0) is 18.8. The van der Waals surface area contributed by atoms with Gasteiger partial charge in [0.05, 0.1) is 12.0 Å². The molecular formula is C20H26N2O3. The van der Waals surface area contributed by atoms with Crippen molar-refractivity contribution in [2.75, 3.05) is 0 Å². The van der Waals surface area contributed by atoms with Crippen molar-refractivity contribution in [3.05, 3.63) is 34.9 Å². The number of amides is 1. The van der Waals surface area contributed by atoms with Gasteiger partial charge in [-0.3, -0.25) is 14.4 Å². The molecule has 0 saturated carbocycles. The third kappa shape index (κ3) is 7.30. The van der Waals surface area contributed by atoms with Crippen molar-refractivity contribution in [1.29, 1.82) is 5.26 Å². The first kappa shape index (κ1) is 20.6. The van der Waals surface area contributed by atoms with E-state index in [4.69, 9.17) is 5.73 Å². The molecule has 0 saturated heterocycles. The van der Waals surface area contributed by atoms with Crippen molar-refractivity contribution in [2.24, 2.45) is 5.73 Å². The second kappa shape index (κ2) is 10.4. The maximum atomic E-state index is 11.7. The largest absolute Gasteiger partial charge is 0.370 e. The summed E-state index contributed by atoms with van der Waals surface area (Å²) in [5, 5.41) is 9.47. The fraction of sp³-hybridized carbons (Fsp3) is 0.500. The molecule has 0 aliphatic carbocycles. The molecule has 0 spiro atoms. The number of unbranched alkanes of at least 4 members (excludes halogenated alkanes) is 4. The monoisotopic (exact) mass is 342 g/mol. The Hall–Kier alpha value is -2.48. The predicted octanol–water partition coefficient (Wildman–Crippen LogP) is 3.91. The van der Waals surface area contributed by atoms with Gasteiger partial charge in [-0.25, -0.2) is 0 Å². The Morgan fingerprint density at radius 1 is 0.960 bits per heavy atom. The zero-order valence-corrected chi connectivity index (χ0v) is 15.0. The number of nitrogens with zero attached hydrogens (tertiary/aromatic N) is 1. The van der Waals surface area contributed by atoms with Crippen LogP contribution in [0.25, 0.3) is 0 Å². The number of carbonyl (C=O) groups is 3. The summed E-state index contributed by atoms with van der Waals surface area (Å²) in [6, 6.07) is 7.30. The summed E-state index contributed by atoms with van der Waals surface area (Å²) in [7, 11) is 0. The summed E-state index contributed by atoms with van der Waals surface area (Å²) in [6.45, 7) is 2.91. The van der Waals surface area contributed by atoms with Crippen LogP contribution in [0.4, 0.5) is 0 Å². The van der Waals surface area contributed by atoms with Gasteiger partial charge in [-0.15, -0.1) is 0 Å². The molecule has 1 aromatic carbocycles.